The van der Waals surface area contributed by atoms with Crippen LogP contribution in [0.15, 0.2) is 4.99 Å². The van der Waals surface area contributed by atoms with Crippen LogP contribution in [0.1, 0.15) is 25.7 Å². The van der Waals surface area contributed by atoms with Crippen molar-refractivity contribution in [2.75, 3.05) is 38.2 Å². The van der Waals surface area contributed by atoms with E-state index < -0.39 is 9.84 Å². The maximum atomic E-state index is 11.5. The molecule has 7 heteroatoms. The molecule has 122 valence electrons. The van der Waals surface area contributed by atoms with E-state index in [0.717, 1.165) is 43.9 Å². The Labute approximate surface area is 144 Å². The maximum Gasteiger partial charge on any atom is 0.193 e. The topological polar surface area (TPSA) is 61.8 Å². The first-order valence-electron chi connectivity index (χ1n) is 7.73. The van der Waals surface area contributed by atoms with Gasteiger partial charge in [0.1, 0.15) is 0 Å². The quantitative estimate of drug-likeness (QED) is 0.420. The summed E-state index contributed by atoms with van der Waals surface area (Å²) < 4.78 is 22.9. The molecule has 2 saturated heterocycles. The van der Waals surface area contributed by atoms with Crippen LogP contribution in [0, 0.1) is 17.8 Å². The number of guanidine groups is 1. The van der Waals surface area contributed by atoms with Crippen LogP contribution >= 0.6 is 24.0 Å². The minimum absolute atomic E-state index is 0. The number of sulfone groups is 1. The summed E-state index contributed by atoms with van der Waals surface area (Å²) >= 11 is 0. The van der Waals surface area contributed by atoms with Gasteiger partial charge >= 0.3 is 0 Å². The van der Waals surface area contributed by atoms with Gasteiger partial charge in [0.15, 0.2) is 15.8 Å². The number of likely N-dealkylation sites (tertiary alicyclic amines) is 1. The van der Waals surface area contributed by atoms with Gasteiger partial charge in [-0.05, 0) is 43.4 Å². The lowest BCUT2D eigenvalue weighted by Gasteiger charge is -2.23. The molecule has 5 nitrogen and oxygen atoms in total. The molecule has 2 atom stereocenters. The van der Waals surface area contributed by atoms with Gasteiger partial charge < -0.3 is 10.2 Å². The molecule has 0 amide bonds. The molecule has 0 aromatic rings. The number of nitrogens with zero attached hydrogens (tertiary/aromatic N) is 2. The van der Waals surface area contributed by atoms with E-state index in [1.165, 1.54) is 19.3 Å². The Morgan fingerprint density at radius 1 is 1.24 bits per heavy atom. The summed E-state index contributed by atoms with van der Waals surface area (Å²) in [6, 6.07) is 0. The zero-order valence-corrected chi connectivity index (χ0v) is 15.8. The Bertz CT molecular complexity index is 490. The number of nitrogens with one attached hydrogen (secondary N) is 1. The average molecular weight is 427 g/mol. The molecule has 0 radical (unpaired) electrons. The van der Waals surface area contributed by atoms with E-state index in [1.807, 2.05) is 7.05 Å². The van der Waals surface area contributed by atoms with Crippen molar-refractivity contribution in [3.05, 3.63) is 0 Å². The van der Waals surface area contributed by atoms with Crippen LogP contribution in [0.25, 0.3) is 0 Å². The van der Waals surface area contributed by atoms with Gasteiger partial charge in [0.2, 0.25) is 0 Å². The molecular formula is C14H26IN3O2S. The van der Waals surface area contributed by atoms with Gasteiger partial charge in [-0.15, -0.1) is 24.0 Å². The first-order chi connectivity index (χ1) is 9.57. The summed E-state index contributed by atoms with van der Waals surface area (Å²) in [5.41, 5.74) is 0. The van der Waals surface area contributed by atoms with E-state index in [9.17, 15) is 8.42 Å². The van der Waals surface area contributed by atoms with Crippen molar-refractivity contribution < 1.29 is 8.42 Å². The minimum Gasteiger partial charge on any atom is -0.356 e. The molecule has 0 aromatic heterocycles. The van der Waals surface area contributed by atoms with Gasteiger partial charge in [0, 0.05) is 26.7 Å². The first kappa shape index (κ1) is 17.3. The SMILES string of the molecule is CN=C(NCC1CCS(=O)(=O)C1)N1CCC(C2CC2)C1.I. The molecule has 3 aliphatic rings. The molecule has 1 saturated carbocycles. The molecule has 0 aromatic carbocycles. The van der Waals surface area contributed by atoms with E-state index in [1.54, 1.807) is 0 Å². The zero-order valence-electron chi connectivity index (χ0n) is 12.6. The fourth-order valence-electron chi connectivity index (χ4n) is 3.53. The fourth-order valence-corrected chi connectivity index (χ4v) is 5.39. The van der Waals surface area contributed by atoms with Gasteiger partial charge in [0.05, 0.1) is 11.5 Å². The summed E-state index contributed by atoms with van der Waals surface area (Å²) in [6.07, 6.45) is 4.88. The molecule has 1 aliphatic carbocycles. The lowest BCUT2D eigenvalue weighted by molar-refractivity contribution is 0.430. The first-order valence-corrected chi connectivity index (χ1v) is 9.55. The van der Waals surface area contributed by atoms with Crippen LogP contribution in [0.4, 0.5) is 0 Å². The molecule has 2 aliphatic heterocycles. The van der Waals surface area contributed by atoms with Crippen molar-refractivity contribution in [3.8, 4) is 0 Å². The van der Waals surface area contributed by atoms with Gasteiger partial charge in [-0.2, -0.15) is 0 Å². The predicted molar refractivity (Wildman–Crippen MR) is 95.9 cm³/mol. The van der Waals surface area contributed by atoms with Gasteiger partial charge in [-0.1, -0.05) is 0 Å². The third kappa shape index (κ3) is 4.46. The summed E-state index contributed by atoms with van der Waals surface area (Å²) in [6.45, 7) is 2.94. The van der Waals surface area contributed by atoms with Crippen molar-refractivity contribution in [2.45, 2.75) is 25.7 Å². The Kier molecular flexibility index (Phi) is 5.78. The number of hydrogen-bond acceptors (Lipinski definition) is 3. The molecule has 2 unspecified atom stereocenters. The molecule has 0 bridgehead atoms. The highest BCUT2D eigenvalue weighted by atomic mass is 127. The second kappa shape index (κ2) is 7.02. The Hall–Kier alpha value is -0.0500. The van der Waals surface area contributed by atoms with Crippen LogP contribution in [-0.4, -0.2) is 57.5 Å². The molecule has 1 N–H and O–H groups in total. The van der Waals surface area contributed by atoms with E-state index in [0.29, 0.717) is 11.5 Å². The normalized spacial score (nSPS) is 32.0. The zero-order chi connectivity index (χ0) is 14.2. The molecule has 3 rings (SSSR count). The lowest BCUT2D eigenvalue weighted by Crippen LogP contribution is -2.42. The average Bonchev–Trinajstić information content (AvgIpc) is 3.05. The number of hydrogen-bond donors (Lipinski definition) is 1. The molecule has 0 spiro atoms. The largest absolute Gasteiger partial charge is 0.356 e. The minimum atomic E-state index is -2.77. The molecule has 21 heavy (non-hydrogen) atoms. The Morgan fingerprint density at radius 2 is 2.00 bits per heavy atom. The van der Waals surface area contributed by atoms with Crippen molar-refractivity contribution in [1.82, 2.24) is 10.2 Å². The number of halogens is 1. The highest BCUT2D eigenvalue weighted by Gasteiger charge is 2.37. The van der Waals surface area contributed by atoms with Crippen molar-refractivity contribution in [1.29, 1.82) is 0 Å². The predicted octanol–water partition coefficient (Wildman–Crippen LogP) is 1.35. The maximum absolute atomic E-state index is 11.5. The lowest BCUT2D eigenvalue weighted by atomic mass is 10.0. The van der Waals surface area contributed by atoms with Crippen LogP contribution in [-0.2, 0) is 9.84 Å². The van der Waals surface area contributed by atoms with Crippen molar-refractivity contribution >= 4 is 39.8 Å². The Morgan fingerprint density at radius 3 is 2.57 bits per heavy atom. The monoisotopic (exact) mass is 427 g/mol. The molecule has 3 fully saturated rings. The summed E-state index contributed by atoms with van der Waals surface area (Å²) in [4.78, 5) is 6.70. The third-order valence-electron chi connectivity index (χ3n) is 4.90. The highest BCUT2D eigenvalue weighted by molar-refractivity contribution is 14.0. The second-order valence-corrected chi connectivity index (χ2v) is 8.76. The molecule has 2 heterocycles. The van der Waals surface area contributed by atoms with Crippen LogP contribution in [0.3, 0.4) is 0 Å². The van der Waals surface area contributed by atoms with E-state index in [2.05, 4.69) is 15.2 Å². The summed E-state index contributed by atoms with van der Waals surface area (Å²) in [5, 5.41) is 3.38. The number of aliphatic imine (C=N–C) groups is 1. The van der Waals surface area contributed by atoms with Crippen LogP contribution in [0.5, 0.6) is 0 Å². The highest BCUT2D eigenvalue weighted by Crippen LogP contribution is 2.41. The van der Waals surface area contributed by atoms with Crippen molar-refractivity contribution in [3.63, 3.8) is 0 Å². The van der Waals surface area contributed by atoms with Gasteiger partial charge in [0.25, 0.3) is 0 Å². The smallest absolute Gasteiger partial charge is 0.193 e. The van der Waals surface area contributed by atoms with E-state index in [-0.39, 0.29) is 29.9 Å². The van der Waals surface area contributed by atoms with Crippen LogP contribution < -0.4 is 5.32 Å². The van der Waals surface area contributed by atoms with Crippen molar-refractivity contribution in [2.24, 2.45) is 22.7 Å². The summed E-state index contributed by atoms with van der Waals surface area (Å²) in [5.74, 6) is 3.70. The van der Waals surface area contributed by atoms with E-state index >= 15 is 0 Å². The third-order valence-corrected chi connectivity index (χ3v) is 6.74. The summed E-state index contributed by atoms with van der Waals surface area (Å²) in [7, 11) is -0.957. The van der Waals surface area contributed by atoms with Crippen LogP contribution in [0.2, 0.25) is 0 Å². The number of rotatable bonds is 3. The Balaban J connectivity index is 0.00000161. The second-order valence-electron chi connectivity index (χ2n) is 6.53. The fraction of sp³-hybridized carbons (Fsp3) is 0.929. The van der Waals surface area contributed by atoms with Gasteiger partial charge in [-0.25, -0.2) is 8.42 Å². The van der Waals surface area contributed by atoms with Gasteiger partial charge in [-0.3, -0.25) is 4.99 Å². The molecular weight excluding hydrogens is 401 g/mol. The van der Waals surface area contributed by atoms with E-state index in [4.69, 9.17) is 0 Å². The standard InChI is InChI=1S/C14H25N3O2S.HI/c1-15-14(16-8-11-5-7-20(18,19)10-11)17-6-4-13(9-17)12-2-3-12;/h11-13H,2-10H2,1H3,(H,15,16);1H.